The zero-order valence-corrected chi connectivity index (χ0v) is 13.2. The number of halogens is 1. The topological polar surface area (TPSA) is 63.8 Å². The summed E-state index contributed by atoms with van der Waals surface area (Å²) < 4.78 is 7.30. The number of hydrogen-bond acceptors (Lipinski definition) is 4. The van der Waals surface area contributed by atoms with Crippen LogP contribution in [0.15, 0.2) is 47.6 Å². The van der Waals surface area contributed by atoms with Gasteiger partial charge in [-0.25, -0.2) is 0 Å². The first-order valence-corrected chi connectivity index (χ1v) is 7.52. The Balaban J connectivity index is 1.86. The Kier molecular flexibility index (Phi) is 4.21. The van der Waals surface area contributed by atoms with Crippen LogP contribution in [0.5, 0.6) is 11.6 Å². The maximum atomic E-state index is 11.0. The van der Waals surface area contributed by atoms with Crippen LogP contribution in [0.3, 0.4) is 0 Å². The lowest BCUT2D eigenvalue weighted by atomic mass is 10.1. The van der Waals surface area contributed by atoms with E-state index in [4.69, 9.17) is 16.3 Å². The van der Waals surface area contributed by atoms with Crippen molar-refractivity contribution in [2.24, 2.45) is 5.18 Å². The Morgan fingerprint density at radius 2 is 1.96 bits per heavy atom. The molecule has 3 rings (SSSR count). The van der Waals surface area contributed by atoms with Crippen molar-refractivity contribution in [2.75, 3.05) is 6.61 Å². The smallest absolute Gasteiger partial charge is 0.222 e. The Morgan fingerprint density at radius 3 is 2.65 bits per heavy atom. The van der Waals surface area contributed by atoms with Crippen molar-refractivity contribution >= 4 is 28.2 Å². The third-order valence-electron chi connectivity index (χ3n) is 3.72. The van der Waals surface area contributed by atoms with Crippen molar-refractivity contribution < 1.29 is 9.84 Å². The maximum Gasteiger partial charge on any atom is 0.222 e. The van der Waals surface area contributed by atoms with Crippen LogP contribution >= 0.6 is 11.6 Å². The largest absolute Gasteiger partial charge is 0.493 e. The van der Waals surface area contributed by atoms with E-state index in [9.17, 15) is 10.0 Å². The van der Waals surface area contributed by atoms with Gasteiger partial charge >= 0.3 is 0 Å². The Labute approximate surface area is 138 Å². The maximum absolute atomic E-state index is 11.0. The van der Waals surface area contributed by atoms with Crippen molar-refractivity contribution in [3.05, 3.63) is 58.0 Å². The number of ether oxygens (including phenoxy) is 1. The minimum Gasteiger partial charge on any atom is -0.493 e. The predicted molar refractivity (Wildman–Crippen MR) is 90.7 cm³/mol. The number of rotatable bonds is 5. The number of aromatic nitrogens is 1. The molecule has 0 aliphatic rings. The molecule has 0 unspecified atom stereocenters. The lowest BCUT2D eigenvalue weighted by molar-refractivity contribution is 0.290. The van der Waals surface area contributed by atoms with Gasteiger partial charge in [0.05, 0.1) is 12.1 Å². The third kappa shape index (κ3) is 2.87. The molecule has 23 heavy (non-hydrogen) atoms. The molecule has 0 amide bonds. The fraction of sp³-hybridized carbons (Fsp3) is 0.176. The number of hydrogen-bond donors (Lipinski definition) is 1. The molecule has 5 nitrogen and oxygen atoms in total. The minimum atomic E-state index is -0.135. The number of benzene rings is 2. The third-order valence-corrected chi connectivity index (χ3v) is 3.97. The molecule has 0 radical (unpaired) electrons. The summed E-state index contributed by atoms with van der Waals surface area (Å²) in [5.74, 6) is 0.555. The first-order valence-electron chi connectivity index (χ1n) is 7.14. The summed E-state index contributed by atoms with van der Waals surface area (Å²) in [4.78, 5) is 11.0. The van der Waals surface area contributed by atoms with E-state index >= 15 is 0 Å². The van der Waals surface area contributed by atoms with Crippen molar-refractivity contribution in [2.45, 2.75) is 13.5 Å². The molecule has 0 fully saturated rings. The van der Waals surface area contributed by atoms with Gasteiger partial charge in [-0.05, 0) is 41.9 Å². The average Bonchev–Trinajstić information content (AvgIpc) is 2.82. The second-order valence-electron chi connectivity index (χ2n) is 5.19. The summed E-state index contributed by atoms with van der Waals surface area (Å²) in [6.07, 6.45) is 0. The van der Waals surface area contributed by atoms with E-state index in [0.717, 1.165) is 11.1 Å². The molecule has 0 atom stereocenters. The summed E-state index contributed by atoms with van der Waals surface area (Å²) in [6, 6.07) is 12.6. The van der Waals surface area contributed by atoms with E-state index in [-0.39, 0.29) is 11.6 Å². The van der Waals surface area contributed by atoms with E-state index in [1.165, 1.54) is 0 Å². The fourth-order valence-electron chi connectivity index (χ4n) is 2.66. The monoisotopic (exact) mass is 330 g/mol. The van der Waals surface area contributed by atoms with Gasteiger partial charge in [-0.3, -0.25) is 0 Å². The highest BCUT2D eigenvalue weighted by atomic mass is 35.5. The van der Waals surface area contributed by atoms with Gasteiger partial charge in [0, 0.05) is 10.4 Å². The van der Waals surface area contributed by atoms with Gasteiger partial charge in [0.15, 0.2) is 5.69 Å². The van der Waals surface area contributed by atoms with E-state index in [1.807, 2.05) is 19.1 Å². The van der Waals surface area contributed by atoms with Gasteiger partial charge in [-0.2, -0.15) is 0 Å². The van der Waals surface area contributed by atoms with Crippen LogP contribution in [0.25, 0.3) is 10.9 Å². The Bertz CT molecular complexity index is 856. The van der Waals surface area contributed by atoms with Crippen molar-refractivity contribution in [1.29, 1.82) is 0 Å². The molecular weight excluding hydrogens is 316 g/mol. The molecule has 0 bridgehead atoms. The molecule has 1 heterocycles. The highest BCUT2D eigenvalue weighted by Gasteiger charge is 2.18. The molecule has 118 valence electrons. The van der Waals surface area contributed by atoms with Gasteiger partial charge < -0.3 is 14.4 Å². The van der Waals surface area contributed by atoms with Crippen LogP contribution in [0.2, 0.25) is 5.02 Å². The molecule has 0 spiro atoms. The van der Waals surface area contributed by atoms with Gasteiger partial charge in [-0.1, -0.05) is 29.8 Å². The predicted octanol–water partition coefficient (Wildman–Crippen LogP) is 4.79. The molecule has 0 saturated carbocycles. The number of aromatic hydroxyl groups is 1. The zero-order chi connectivity index (χ0) is 16.4. The summed E-state index contributed by atoms with van der Waals surface area (Å²) in [6.45, 7) is 2.66. The number of fused-ring (bicyclic) bond motifs is 1. The molecule has 1 aromatic heterocycles. The molecule has 2 aromatic carbocycles. The highest BCUT2D eigenvalue weighted by molar-refractivity contribution is 6.30. The van der Waals surface area contributed by atoms with Gasteiger partial charge in [-0.15, -0.1) is 4.91 Å². The summed E-state index contributed by atoms with van der Waals surface area (Å²) in [5, 5.41) is 14.5. The van der Waals surface area contributed by atoms with Crippen LogP contribution in [0.1, 0.15) is 5.56 Å². The normalized spacial score (nSPS) is 10.9. The summed E-state index contributed by atoms with van der Waals surface area (Å²) in [5.41, 5.74) is 1.81. The second-order valence-corrected chi connectivity index (χ2v) is 5.63. The number of nitrogens with zero attached hydrogens (tertiary/aromatic N) is 2. The van der Waals surface area contributed by atoms with Crippen LogP contribution in [-0.2, 0) is 6.54 Å². The lowest BCUT2D eigenvalue weighted by Crippen LogP contribution is -2.08. The molecule has 3 aromatic rings. The molecule has 0 aliphatic heterocycles. The van der Waals surface area contributed by atoms with E-state index in [1.54, 1.807) is 34.9 Å². The fourth-order valence-corrected chi connectivity index (χ4v) is 2.78. The first kappa shape index (κ1) is 15.4. The van der Waals surface area contributed by atoms with Crippen LogP contribution in [0, 0.1) is 11.8 Å². The van der Waals surface area contributed by atoms with Crippen molar-refractivity contribution in [3.63, 3.8) is 0 Å². The number of nitroso groups, excluding NO2 is 1. The van der Waals surface area contributed by atoms with Crippen molar-refractivity contribution in [1.82, 2.24) is 4.57 Å². The van der Waals surface area contributed by atoms with E-state index < -0.39 is 0 Å². The van der Waals surface area contributed by atoms with Crippen LogP contribution in [0.4, 0.5) is 5.69 Å². The summed E-state index contributed by atoms with van der Waals surface area (Å²) in [7, 11) is 0. The zero-order valence-electron chi connectivity index (χ0n) is 12.5. The van der Waals surface area contributed by atoms with Crippen LogP contribution < -0.4 is 4.74 Å². The molecule has 0 aliphatic carbocycles. The Hall–Kier alpha value is -2.53. The molecule has 6 heteroatoms. The highest BCUT2D eigenvalue weighted by Crippen LogP contribution is 2.39. The average molecular weight is 331 g/mol. The number of para-hydroxylation sites is 1. The van der Waals surface area contributed by atoms with E-state index in [0.29, 0.717) is 29.3 Å². The summed E-state index contributed by atoms with van der Waals surface area (Å²) >= 11 is 5.83. The van der Waals surface area contributed by atoms with E-state index in [2.05, 4.69) is 5.18 Å². The molecule has 1 N–H and O–H groups in total. The van der Waals surface area contributed by atoms with Gasteiger partial charge in [0.1, 0.15) is 12.4 Å². The molecule has 0 saturated heterocycles. The SMILES string of the molecule is Cc1cccc2c(N=O)c(O)n(CCOc3ccc(Cl)cc3)c12. The Morgan fingerprint density at radius 1 is 1.22 bits per heavy atom. The number of aryl methyl sites for hydroxylation is 1. The minimum absolute atomic E-state index is 0.0650. The van der Waals surface area contributed by atoms with Gasteiger partial charge in [0.2, 0.25) is 5.88 Å². The van der Waals surface area contributed by atoms with Crippen molar-refractivity contribution in [3.8, 4) is 11.6 Å². The lowest BCUT2D eigenvalue weighted by Gasteiger charge is -2.10. The second kappa shape index (κ2) is 6.30. The first-order chi connectivity index (χ1) is 11.1. The van der Waals surface area contributed by atoms with Crippen LogP contribution in [-0.4, -0.2) is 16.3 Å². The standard InChI is InChI=1S/C17H15ClN2O3/c1-11-3-2-4-14-15(19-22)17(21)20(16(11)14)9-10-23-13-7-5-12(18)6-8-13/h2-8,21H,9-10H2,1H3. The van der Waals surface area contributed by atoms with Gasteiger partial charge in [0.25, 0.3) is 0 Å². The quantitative estimate of drug-likeness (QED) is 0.684. The molecular formula is C17H15ClN2O3.